The van der Waals surface area contributed by atoms with Gasteiger partial charge in [-0.15, -0.1) is 0 Å². The van der Waals surface area contributed by atoms with E-state index in [1.807, 2.05) is 6.08 Å². The molecule has 0 aromatic carbocycles. The van der Waals surface area contributed by atoms with Crippen LogP contribution in [0.25, 0.3) is 0 Å². The minimum atomic E-state index is -0.162. The summed E-state index contributed by atoms with van der Waals surface area (Å²) in [6, 6.07) is 0. The average molecular weight is 198 g/mol. The summed E-state index contributed by atoms with van der Waals surface area (Å²) in [7, 11) is 3.65. The highest BCUT2D eigenvalue weighted by Gasteiger charge is 2.28. The van der Waals surface area contributed by atoms with Gasteiger partial charge in [-0.2, -0.15) is 0 Å². The van der Waals surface area contributed by atoms with Crippen molar-refractivity contribution in [3.8, 4) is 0 Å². The van der Waals surface area contributed by atoms with Gasteiger partial charge in [0.2, 0.25) is 0 Å². The molecule has 0 radical (unpaired) electrons. The molecule has 0 aromatic rings. The molecule has 3 nitrogen and oxygen atoms in total. The average Bonchev–Trinajstić information content (AvgIpc) is 2.16. The van der Waals surface area contributed by atoms with Crippen LogP contribution in [0.2, 0.25) is 0 Å². The predicted molar refractivity (Wildman–Crippen MR) is 55.8 cm³/mol. The number of hydrogen-bond acceptors (Lipinski definition) is 2. The maximum absolute atomic E-state index is 11.4. The molecule has 0 saturated carbocycles. The molecule has 1 atom stereocenters. The molecule has 0 bridgehead atoms. The van der Waals surface area contributed by atoms with Gasteiger partial charge in [-0.05, 0) is 6.42 Å². The van der Waals surface area contributed by atoms with Gasteiger partial charge in [0, 0.05) is 6.42 Å². The molecule has 1 rings (SSSR count). The first-order chi connectivity index (χ1) is 6.61. The Hall–Kier alpha value is -0.830. The van der Waals surface area contributed by atoms with Crippen molar-refractivity contribution in [1.82, 2.24) is 0 Å². The van der Waals surface area contributed by atoms with Crippen LogP contribution in [0.3, 0.4) is 0 Å². The highest BCUT2D eigenvalue weighted by Crippen LogP contribution is 2.17. The van der Waals surface area contributed by atoms with E-state index in [4.69, 9.17) is 4.74 Å². The molecule has 1 aliphatic rings. The molecule has 1 aliphatic heterocycles. The summed E-state index contributed by atoms with van der Waals surface area (Å²) < 4.78 is 5.71. The second-order valence-electron chi connectivity index (χ2n) is 4.23. The smallest absolute Gasteiger partial charge is 0.339 e. The third kappa shape index (κ3) is 2.58. The Morgan fingerprint density at radius 3 is 2.93 bits per heavy atom. The molecule has 0 saturated heterocycles. The van der Waals surface area contributed by atoms with Gasteiger partial charge < -0.3 is 9.22 Å². The van der Waals surface area contributed by atoms with Crippen LogP contribution in [-0.2, 0) is 9.53 Å². The molecular formula is C11H20NO2+. The van der Waals surface area contributed by atoms with E-state index in [9.17, 15) is 4.79 Å². The minimum absolute atomic E-state index is 0.162. The molecule has 3 heteroatoms. The molecule has 0 amide bonds. The van der Waals surface area contributed by atoms with Gasteiger partial charge in [-0.1, -0.05) is 13.0 Å². The van der Waals surface area contributed by atoms with Crippen molar-refractivity contribution < 1.29 is 14.0 Å². The highest BCUT2D eigenvalue weighted by molar-refractivity contribution is 5.88. The molecule has 1 heterocycles. The Balaban J connectivity index is 2.66. The zero-order chi connectivity index (χ0) is 10.6. The van der Waals surface area contributed by atoms with E-state index in [1.165, 1.54) is 7.11 Å². The molecular weight excluding hydrogens is 178 g/mol. The normalized spacial score (nSPS) is 26.9. The lowest BCUT2D eigenvalue weighted by molar-refractivity contribution is -0.906. The van der Waals surface area contributed by atoms with Crippen LogP contribution in [-0.4, -0.2) is 44.2 Å². The quantitative estimate of drug-likeness (QED) is 0.505. The molecule has 0 spiro atoms. The maximum Gasteiger partial charge on any atom is 0.339 e. The van der Waals surface area contributed by atoms with Crippen LogP contribution >= 0.6 is 0 Å². The number of carbonyl (C=O) groups is 1. The van der Waals surface area contributed by atoms with E-state index in [1.54, 1.807) is 0 Å². The minimum Gasteiger partial charge on any atom is -0.465 e. The number of methoxy groups -OCH3 is 1. The molecule has 0 N–H and O–H groups in total. The van der Waals surface area contributed by atoms with E-state index in [-0.39, 0.29) is 5.97 Å². The standard InChI is InChI=1S/C11H20NO2/c1-4-7-12(2)8-5-6-10(9-12)11(13)14-3/h6H,4-5,7-9H2,1-3H3/q+1. The second kappa shape index (κ2) is 4.60. The lowest BCUT2D eigenvalue weighted by Gasteiger charge is -2.36. The van der Waals surface area contributed by atoms with Gasteiger partial charge in [-0.3, -0.25) is 0 Å². The number of carbonyl (C=O) groups excluding carboxylic acids is 1. The van der Waals surface area contributed by atoms with Crippen LogP contribution in [0, 0.1) is 0 Å². The fourth-order valence-electron chi connectivity index (χ4n) is 2.11. The number of likely N-dealkylation sites (N-methyl/N-ethyl adjacent to an activating group) is 1. The van der Waals surface area contributed by atoms with Gasteiger partial charge in [0.05, 0.1) is 32.8 Å². The molecule has 0 aromatic heterocycles. The fourth-order valence-corrected chi connectivity index (χ4v) is 2.11. The van der Waals surface area contributed by atoms with Crippen molar-refractivity contribution in [3.05, 3.63) is 11.6 Å². The third-order valence-electron chi connectivity index (χ3n) is 2.82. The SMILES string of the molecule is CCC[N+]1(C)CCC=C(C(=O)OC)C1. The number of esters is 1. The van der Waals surface area contributed by atoms with Gasteiger partial charge in [0.1, 0.15) is 6.54 Å². The Morgan fingerprint density at radius 2 is 2.36 bits per heavy atom. The Labute approximate surface area is 85.9 Å². The molecule has 0 fully saturated rings. The van der Waals surface area contributed by atoms with Crippen LogP contribution in [0.1, 0.15) is 19.8 Å². The zero-order valence-corrected chi connectivity index (χ0v) is 9.38. The van der Waals surface area contributed by atoms with Crippen molar-refractivity contribution in [3.63, 3.8) is 0 Å². The number of hydrogen-bond donors (Lipinski definition) is 0. The number of nitrogens with zero attached hydrogens (tertiary/aromatic N) is 1. The first kappa shape index (κ1) is 11.2. The Bertz CT molecular complexity index is 248. The summed E-state index contributed by atoms with van der Waals surface area (Å²) in [6.07, 6.45) is 4.16. The third-order valence-corrected chi connectivity index (χ3v) is 2.82. The Morgan fingerprint density at radius 1 is 1.64 bits per heavy atom. The maximum atomic E-state index is 11.4. The monoisotopic (exact) mass is 198 g/mol. The molecule has 1 unspecified atom stereocenters. The summed E-state index contributed by atoms with van der Waals surface area (Å²) in [5.74, 6) is -0.162. The largest absolute Gasteiger partial charge is 0.465 e. The lowest BCUT2D eigenvalue weighted by atomic mass is 10.1. The lowest BCUT2D eigenvalue weighted by Crippen LogP contribution is -2.49. The molecule has 0 aliphatic carbocycles. The van der Waals surface area contributed by atoms with E-state index in [2.05, 4.69) is 14.0 Å². The first-order valence-corrected chi connectivity index (χ1v) is 5.22. The summed E-state index contributed by atoms with van der Waals surface area (Å²) in [4.78, 5) is 11.4. The summed E-state index contributed by atoms with van der Waals surface area (Å²) in [5.41, 5.74) is 0.842. The van der Waals surface area contributed by atoms with Crippen molar-refractivity contribution in [2.24, 2.45) is 0 Å². The number of ether oxygens (including phenoxy) is 1. The van der Waals surface area contributed by atoms with E-state index in [0.29, 0.717) is 0 Å². The predicted octanol–water partition coefficient (Wildman–Crippen LogP) is 1.35. The first-order valence-electron chi connectivity index (χ1n) is 5.22. The Kier molecular flexibility index (Phi) is 3.69. The number of quaternary nitrogens is 1. The fraction of sp³-hybridized carbons (Fsp3) is 0.727. The number of rotatable bonds is 3. The van der Waals surface area contributed by atoms with Crippen LogP contribution < -0.4 is 0 Å². The van der Waals surface area contributed by atoms with Crippen molar-refractivity contribution in [2.45, 2.75) is 19.8 Å². The van der Waals surface area contributed by atoms with Gasteiger partial charge in [0.15, 0.2) is 0 Å². The van der Waals surface area contributed by atoms with Gasteiger partial charge >= 0.3 is 5.97 Å². The van der Waals surface area contributed by atoms with Crippen LogP contribution in [0.4, 0.5) is 0 Å². The van der Waals surface area contributed by atoms with E-state index >= 15 is 0 Å². The van der Waals surface area contributed by atoms with Gasteiger partial charge in [-0.25, -0.2) is 4.79 Å². The summed E-state index contributed by atoms with van der Waals surface area (Å²) in [6.45, 7) is 5.27. The molecule has 80 valence electrons. The van der Waals surface area contributed by atoms with Crippen LogP contribution in [0.15, 0.2) is 11.6 Å². The van der Waals surface area contributed by atoms with Crippen molar-refractivity contribution >= 4 is 5.97 Å². The molecule has 14 heavy (non-hydrogen) atoms. The second-order valence-corrected chi connectivity index (χ2v) is 4.23. The van der Waals surface area contributed by atoms with E-state index in [0.717, 1.165) is 42.5 Å². The van der Waals surface area contributed by atoms with Crippen molar-refractivity contribution in [1.29, 1.82) is 0 Å². The van der Waals surface area contributed by atoms with Crippen LogP contribution in [0.5, 0.6) is 0 Å². The van der Waals surface area contributed by atoms with E-state index < -0.39 is 0 Å². The van der Waals surface area contributed by atoms with Crippen molar-refractivity contribution in [2.75, 3.05) is 33.8 Å². The zero-order valence-electron chi connectivity index (χ0n) is 9.38. The van der Waals surface area contributed by atoms with Gasteiger partial charge in [0.25, 0.3) is 0 Å². The highest BCUT2D eigenvalue weighted by atomic mass is 16.5. The summed E-state index contributed by atoms with van der Waals surface area (Å²) in [5, 5.41) is 0. The summed E-state index contributed by atoms with van der Waals surface area (Å²) >= 11 is 0. The topological polar surface area (TPSA) is 26.3 Å².